The van der Waals surface area contributed by atoms with Crippen LogP contribution in [0.15, 0.2) is 16.8 Å². The summed E-state index contributed by atoms with van der Waals surface area (Å²) in [4.78, 5) is 13.7. The van der Waals surface area contributed by atoms with Gasteiger partial charge in [-0.05, 0) is 44.9 Å². The lowest BCUT2D eigenvalue weighted by molar-refractivity contribution is -0.132. The van der Waals surface area contributed by atoms with Gasteiger partial charge >= 0.3 is 5.97 Å². The molecule has 88 valence electrons. The van der Waals surface area contributed by atoms with Crippen molar-refractivity contribution in [2.24, 2.45) is 11.0 Å². The van der Waals surface area contributed by atoms with E-state index >= 15 is 0 Å². The van der Waals surface area contributed by atoms with Gasteiger partial charge in [-0.25, -0.2) is 4.79 Å². The SMILES string of the molecule is CC(=CCC1CCC(N=[N+]=N)CC1)C(=O)O. The summed E-state index contributed by atoms with van der Waals surface area (Å²) in [6, 6.07) is 0.207. The maximum atomic E-state index is 10.6. The van der Waals surface area contributed by atoms with Gasteiger partial charge < -0.3 is 5.11 Å². The molecular weight excluding hydrogens is 206 g/mol. The van der Waals surface area contributed by atoms with E-state index in [0.717, 1.165) is 32.1 Å². The van der Waals surface area contributed by atoms with E-state index in [-0.39, 0.29) is 6.04 Å². The van der Waals surface area contributed by atoms with Crippen LogP contribution in [0.5, 0.6) is 0 Å². The number of hydrogen-bond donors (Lipinski definition) is 2. The lowest BCUT2D eigenvalue weighted by Gasteiger charge is -2.22. The van der Waals surface area contributed by atoms with Gasteiger partial charge in [0.15, 0.2) is 0 Å². The number of carboxylic acids is 1. The van der Waals surface area contributed by atoms with E-state index in [9.17, 15) is 4.79 Å². The zero-order chi connectivity index (χ0) is 12.0. The number of nitrogens with zero attached hydrogens (tertiary/aromatic N) is 2. The zero-order valence-electron chi connectivity index (χ0n) is 9.52. The number of nitrogens with one attached hydrogen (secondary N) is 1. The monoisotopic (exact) mass is 224 g/mol. The Hall–Kier alpha value is -1.48. The summed E-state index contributed by atoms with van der Waals surface area (Å²) in [7, 11) is 0. The molecule has 0 unspecified atom stereocenters. The van der Waals surface area contributed by atoms with Crippen molar-refractivity contribution in [1.29, 1.82) is 5.53 Å². The smallest absolute Gasteiger partial charge is 0.330 e. The fourth-order valence-electron chi connectivity index (χ4n) is 2.01. The normalized spacial score (nSPS) is 25.9. The highest BCUT2D eigenvalue weighted by atomic mass is 16.4. The first-order valence-corrected chi connectivity index (χ1v) is 5.60. The van der Waals surface area contributed by atoms with Crippen molar-refractivity contribution in [1.82, 2.24) is 4.91 Å². The molecule has 1 aliphatic rings. The van der Waals surface area contributed by atoms with Crippen LogP contribution in [0.2, 0.25) is 0 Å². The number of allylic oxidation sites excluding steroid dienone is 1. The molecule has 0 heterocycles. The largest absolute Gasteiger partial charge is 0.478 e. The third-order valence-electron chi connectivity index (χ3n) is 3.13. The van der Waals surface area contributed by atoms with E-state index in [0.29, 0.717) is 11.5 Å². The van der Waals surface area contributed by atoms with Crippen LogP contribution in [0.3, 0.4) is 0 Å². The minimum absolute atomic E-state index is 0.207. The van der Waals surface area contributed by atoms with Gasteiger partial charge in [-0.15, -0.1) is 0 Å². The highest BCUT2D eigenvalue weighted by Crippen LogP contribution is 2.28. The number of rotatable bonds is 4. The second-order valence-electron chi connectivity index (χ2n) is 4.32. The summed E-state index contributed by atoms with van der Waals surface area (Å²) in [5, 5.41) is 12.5. The van der Waals surface area contributed by atoms with Crippen LogP contribution >= 0.6 is 0 Å². The van der Waals surface area contributed by atoms with E-state index in [4.69, 9.17) is 10.6 Å². The second-order valence-corrected chi connectivity index (χ2v) is 4.32. The number of hydrogen-bond acceptors (Lipinski definition) is 3. The standard InChI is InChI=1S/C11H17N3O2/c1-8(11(15)16)2-3-9-4-6-10(7-5-9)13-14-12/h2,9-10,12H,3-7H2,1H3/p+1. The van der Waals surface area contributed by atoms with Gasteiger partial charge in [-0.2, -0.15) is 0 Å². The summed E-state index contributed by atoms with van der Waals surface area (Å²) in [6.07, 6.45) is 6.67. The summed E-state index contributed by atoms with van der Waals surface area (Å²) in [5.74, 6) is -0.275. The first-order chi connectivity index (χ1) is 7.63. The van der Waals surface area contributed by atoms with Gasteiger partial charge in [-0.3, -0.25) is 0 Å². The highest BCUT2D eigenvalue weighted by molar-refractivity contribution is 5.85. The van der Waals surface area contributed by atoms with E-state index in [1.165, 1.54) is 0 Å². The Morgan fingerprint density at radius 1 is 1.50 bits per heavy atom. The topological polar surface area (TPSA) is 87.6 Å². The predicted octanol–water partition coefficient (Wildman–Crippen LogP) is 2.52. The molecular formula is C11H18N3O2+. The molecule has 0 amide bonds. The van der Waals surface area contributed by atoms with Crippen molar-refractivity contribution in [2.75, 3.05) is 0 Å². The minimum atomic E-state index is -0.836. The lowest BCUT2D eigenvalue weighted by atomic mass is 9.84. The molecule has 1 saturated carbocycles. The number of aliphatic carboxylic acids is 1. The molecule has 1 aliphatic carbocycles. The Bertz CT molecular complexity index is 324. The van der Waals surface area contributed by atoms with E-state index in [2.05, 4.69) is 10.0 Å². The van der Waals surface area contributed by atoms with Crippen LogP contribution in [-0.4, -0.2) is 17.1 Å². The van der Waals surface area contributed by atoms with E-state index in [1.807, 2.05) is 0 Å². The number of carbonyl (C=O) groups is 1. The van der Waals surface area contributed by atoms with Crippen molar-refractivity contribution in [3.8, 4) is 0 Å². The maximum Gasteiger partial charge on any atom is 0.330 e. The molecule has 0 aromatic rings. The summed E-state index contributed by atoms with van der Waals surface area (Å²) >= 11 is 0. The molecule has 2 N–H and O–H groups in total. The van der Waals surface area contributed by atoms with Crippen molar-refractivity contribution in [2.45, 2.75) is 45.1 Å². The Kier molecular flexibility index (Phi) is 4.86. The fourth-order valence-corrected chi connectivity index (χ4v) is 2.01. The van der Waals surface area contributed by atoms with Crippen molar-refractivity contribution >= 4 is 5.97 Å². The molecule has 0 radical (unpaired) electrons. The van der Waals surface area contributed by atoms with Crippen LogP contribution in [0.25, 0.3) is 0 Å². The average molecular weight is 224 g/mol. The van der Waals surface area contributed by atoms with E-state index < -0.39 is 5.97 Å². The molecule has 1 rings (SSSR count). The molecule has 0 aromatic heterocycles. The average Bonchev–Trinajstić information content (AvgIpc) is 2.28. The van der Waals surface area contributed by atoms with Crippen LogP contribution in [0.1, 0.15) is 39.0 Å². The zero-order valence-corrected chi connectivity index (χ0v) is 9.52. The molecule has 0 aliphatic heterocycles. The Balaban J connectivity index is 2.35. The molecule has 16 heavy (non-hydrogen) atoms. The van der Waals surface area contributed by atoms with Gasteiger partial charge in [0.05, 0.1) is 0 Å². The predicted molar refractivity (Wildman–Crippen MR) is 59.0 cm³/mol. The van der Waals surface area contributed by atoms with Crippen LogP contribution in [-0.2, 0) is 4.79 Å². The summed E-state index contributed by atoms with van der Waals surface area (Å²) in [6.45, 7) is 1.63. The maximum absolute atomic E-state index is 10.6. The lowest BCUT2D eigenvalue weighted by Crippen LogP contribution is -2.17. The summed E-state index contributed by atoms with van der Waals surface area (Å²) < 4.78 is 0. The Morgan fingerprint density at radius 3 is 2.62 bits per heavy atom. The molecule has 0 spiro atoms. The van der Waals surface area contributed by atoms with Crippen molar-refractivity contribution < 1.29 is 9.90 Å². The van der Waals surface area contributed by atoms with Gasteiger partial charge in [0.2, 0.25) is 4.91 Å². The molecule has 0 atom stereocenters. The quantitative estimate of drug-likeness (QED) is 0.436. The van der Waals surface area contributed by atoms with Crippen LogP contribution < -0.4 is 4.91 Å². The molecule has 5 heteroatoms. The minimum Gasteiger partial charge on any atom is -0.478 e. The Morgan fingerprint density at radius 2 is 2.12 bits per heavy atom. The van der Waals surface area contributed by atoms with Gasteiger partial charge in [-0.1, -0.05) is 6.08 Å². The summed E-state index contributed by atoms with van der Waals surface area (Å²) in [5.41, 5.74) is 7.08. The van der Waals surface area contributed by atoms with Crippen LogP contribution in [0, 0.1) is 11.4 Å². The van der Waals surface area contributed by atoms with E-state index in [1.54, 1.807) is 13.0 Å². The van der Waals surface area contributed by atoms with Crippen molar-refractivity contribution in [3.05, 3.63) is 11.6 Å². The molecule has 0 bridgehead atoms. The van der Waals surface area contributed by atoms with Gasteiger partial charge in [0, 0.05) is 5.57 Å². The van der Waals surface area contributed by atoms with Gasteiger partial charge in [0.25, 0.3) is 0 Å². The molecule has 0 saturated heterocycles. The third kappa shape index (κ3) is 3.95. The van der Waals surface area contributed by atoms with Crippen LogP contribution in [0.4, 0.5) is 0 Å². The molecule has 5 nitrogen and oxygen atoms in total. The fraction of sp³-hybridized carbons (Fsp3) is 0.727. The Labute approximate surface area is 94.8 Å². The molecule has 0 aromatic carbocycles. The number of carboxylic acid groups (broad SMARTS) is 1. The first-order valence-electron chi connectivity index (χ1n) is 5.60. The highest BCUT2D eigenvalue weighted by Gasteiger charge is 2.23. The molecule has 1 fully saturated rings. The first kappa shape index (κ1) is 12.6. The third-order valence-corrected chi connectivity index (χ3v) is 3.13. The second kappa shape index (κ2) is 6.18. The van der Waals surface area contributed by atoms with Gasteiger partial charge in [0.1, 0.15) is 16.7 Å². The van der Waals surface area contributed by atoms with Crippen molar-refractivity contribution in [3.63, 3.8) is 0 Å².